The summed E-state index contributed by atoms with van der Waals surface area (Å²) in [6.45, 7) is 1.28. The quantitative estimate of drug-likeness (QED) is 0.489. The minimum atomic E-state index is -1.45. The largest absolute Gasteiger partial charge is 0.505 e. The molecule has 0 amide bonds. The average Bonchev–Trinajstić information content (AvgIpc) is 2.46. The average molecular weight is 168 g/mol. The first-order chi connectivity index (χ1) is 5.77. The molecule has 2 N–H and O–H groups in total. The van der Waals surface area contributed by atoms with Crippen LogP contribution in [0.4, 0.5) is 0 Å². The van der Waals surface area contributed by atoms with Gasteiger partial charge < -0.3 is 14.8 Å². The Hall–Kier alpha value is -1.01. The van der Waals surface area contributed by atoms with Gasteiger partial charge in [-0.1, -0.05) is 0 Å². The zero-order valence-corrected chi connectivity index (χ0v) is 6.47. The minimum Gasteiger partial charge on any atom is -0.497 e. The molecule has 6 heteroatoms. The van der Waals surface area contributed by atoms with Crippen molar-refractivity contribution in [2.24, 2.45) is 5.10 Å². The Kier molecular flexibility index (Phi) is 1.78. The first-order valence-corrected chi connectivity index (χ1v) is 3.79. The second-order valence-corrected chi connectivity index (χ2v) is 2.74. The molecule has 0 aromatic heterocycles. The Morgan fingerprint density at radius 3 is 3.08 bits per heavy atom. The summed E-state index contributed by atoms with van der Waals surface area (Å²) in [6.07, 6.45) is 2.08. The maximum Gasteiger partial charge on any atom is 0.505 e. The van der Waals surface area contributed by atoms with Crippen molar-refractivity contribution in [1.82, 2.24) is 5.01 Å². The molecule has 0 saturated carbocycles. The number of allylic oxidation sites excluding steroid dienone is 1. The Labute approximate surface area is 70.1 Å². The molecule has 5 nitrogen and oxygen atoms in total. The molecule has 2 rings (SSSR count). The minimum absolute atomic E-state index is 0.381. The van der Waals surface area contributed by atoms with Gasteiger partial charge >= 0.3 is 7.12 Å². The maximum atomic E-state index is 8.83. The standard InChI is InChI=1S/C6H9BN2O3/c10-7(11)6-3-5-4-12-2-1-9(5)8-6/h4,10-11H,1-3H2. The molecular formula is C6H9BN2O3. The van der Waals surface area contributed by atoms with E-state index in [1.54, 1.807) is 11.3 Å². The van der Waals surface area contributed by atoms with Crippen LogP contribution in [0.15, 0.2) is 17.1 Å². The van der Waals surface area contributed by atoms with Crippen molar-refractivity contribution in [3.8, 4) is 0 Å². The Balaban J connectivity index is 2.15. The van der Waals surface area contributed by atoms with Gasteiger partial charge in [0, 0.05) is 6.42 Å². The molecule has 2 aliphatic heterocycles. The topological polar surface area (TPSA) is 65.3 Å². The first-order valence-electron chi connectivity index (χ1n) is 3.79. The van der Waals surface area contributed by atoms with E-state index < -0.39 is 7.12 Å². The van der Waals surface area contributed by atoms with Crippen molar-refractivity contribution in [3.05, 3.63) is 12.0 Å². The lowest BCUT2D eigenvalue weighted by Gasteiger charge is -2.20. The molecule has 0 radical (unpaired) electrons. The third-order valence-corrected chi connectivity index (χ3v) is 1.88. The smallest absolute Gasteiger partial charge is 0.497 e. The zero-order chi connectivity index (χ0) is 8.55. The second-order valence-electron chi connectivity index (χ2n) is 2.74. The van der Waals surface area contributed by atoms with Crippen LogP contribution >= 0.6 is 0 Å². The van der Waals surface area contributed by atoms with Crippen LogP contribution in [0.25, 0.3) is 0 Å². The van der Waals surface area contributed by atoms with Crippen molar-refractivity contribution in [3.63, 3.8) is 0 Å². The molecule has 0 fully saturated rings. The van der Waals surface area contributed by atoms with E-state index in [4.69, 9.17) is 14.8 Å². The van der Waals surface area contributed by atoms with Crippen LogP contribution in [0.5, 0.6) is 0 Å². The normalized spacial score (nSPS) is 21.0. The van der Waals surface area contributed by atoms with Gasteiger partial charge in [-0.3, -0.25) is 5.01 Å². The van der Waals surface area contributed by atoms with Crippen molar-refractivity contribution in [2.45, 2.75) is 6.42 Å². The van der Waals surface area contributed by atoms with E-state index in [9.17, 15) is 0 Å². The molecule has 2 heterocycles. The predicted octanol–water partition coefficient (Wildman–Crippen LogP) is -1.07. The number of ether oxygens (including phenoxy) is 1. The van der Waals surface area contributed by atoms with E-state index in [0.29, 0.717) is 25.2 Å². The SMILES string of the molecule is OB(O)C1=NN2CCOC=C2C1. The summed E-state index contributed by atoms with van der Waals surface area (Å²) in [6, 6.07) is 0. The van der Waals surface area contributed by atoms with Gasteiger partial charge in [-0.15, -0.1) is 0 Å². The molecule has 0 spiro atoms. The zero-order valence-electron chi connectivity index (χ0n) is 6.47. The molecule has 64 valence electrons. The summed E-state index contributed by atoms with van der Waals surface area (Å²) in [7, 11) is -1.45. The number of hydrazone groups is 1. The van der Waals surface area contributed by atoms with E-state index in [2.05, 4.69) is 5.10 Å². The van der Waals surface area contributed by atoms with Gasteiger partial charge in [0.2, 0.25) is 0 Å². The van der Waals surface area contributed by atoms with Crippen LogP contribution < -0.4 is 0 Å². The van der Waals surface area contributed by atoms with E-state index >= 15 is 0 Å². The monoisotopic (exact) mass is 168 g/mol. The lowest BCUT2D eigenvalue weighted by molar-refractivity contribution is 0.165. The van der Waals surface area contributed by atoms with Crippen molar-refractivity contribution in [1.29, 1.82) is 0 Å². The highest BCUT2D eigenvalue weighted by Gasteiger charge is 2.29. The van der Waals surface area contributed by atoms with Crippen LogP contribution in [-0.4, -0.2) is 40.9 Å². The predicted molar refractivity (Wildman–Crippen MR) is 43.0 cm³/mol. The van der Waals surface area contributed by atoms with E-state index in [1.807, 2.05) is 0 Å². The van der Waals surface area contributed by atoms with Crippen LogP contribution in [0.2, 0.25) is 0 Å². The highest BCUT2D eigenvalue weighted by Crippen LogP contribution is 2.21. The summed E-state index contributed by atoms with van der Waals surface area (Å²) in [4.78, 5) is 0. The lowest BCUT2D eigenvalue weighted by atomic mass is 9.81. The molecule has 0 aliphatic carbocycles. The van der Waals surface area contributed by atoms with Gasteiger partial charge in [0.15, 0.2) is 0 Å². The Bertz CT molecular complexity index is 251. The van der Waals surface area contributed by atoms with Gasteiger partial charge in [0.05, 0.1) is 17.9 Å². The van der Waals surface area contributed by atoms with E-state index in [-0.39, 0.29) is 0 Å². The Morgan fingerprint density at radius 1 is 1.58 bits per heavy atom. The molecule has 2 aliphatic rings. The molecular weight excluding hydrogens is 159 g/mol. The highest BCUT2D eigenvalue weighted by atomic mass is 16.5. The number of hydrogen-bond donors (Lipinski definition) is 2. The number of nitrogens with zero attached hydrogens (tertiary/aromatic N) is 2. The molecule has 0 bridgehead atoms. The third-order valence-electron chi connectivity index (χ3n) is 1.88. The maximum absolute atomic E-state index is 8.83. The number of hydrogen-bond acceptors (Lipinski definition) is 5. The fourth-order valence-corrected chi connectivity index (χ4v) is 1.26. The summed E-state index contributed by atoms with van der Waals surface area (Å²) < 4.78 is 5.07. The van der Waals surface area contributed by atoms with Crippen LogP contribution in [-0.2, 0) is 4.74 Å². The molecule has 0 saturated heterocycles. The first kappa shape index (κ1) is 7.63. The van der Waals surface area contributed by atoms with Gasteiger partial charge in [0.1, 0.15) is 12.9 Å². The summed E-state index contributed by atoms with van der Waals surface area (Å²) in [5.74, 6) is 0. The van der Waals surface area contributed by atoms with Crippen molar-refractivity contribution < 1.29 is 14.8 Å². The van der Waals surface area contributed by atoms with Crippen LogP contribution in [0.1, 0.15) is 6.42 Å². The van der Waals surface area contributed by atoms with Gasteiger partial charge in [-0.2, -0.15) is 5.10 Å². The second kappa shape index (κ2) is 2.80. The summed E-state index contributed by atoms with van der Waals surface area (Å²) >= 11 is 0. The number of fused-ring (bicyclic) bond motifs is 1. The Morgan fingerprint density at radius 2 is 2.42 bits per heavy atom. The molecule has 0 aromatic rings. The van der Waals surface area contributed by atoms with Gasteiger partial charge in [-0.05, 0) is 0 Å². The summed E-state index contributed by atoms with van der Waals surface area (Å²) in [5.41, 5.74) is 1.27. The van der Waals surface area contributed by atoms with Gasteiger partial charge in [0.25, 0.3) is 0 Å². The molecule has 0 atom stereocenters. The molecule has 0 aromatic carbocycles. The van der Waals surface area contributed by atoms with Crippen LogP contribution in [0, 0.1) is 0 Å². The fraction of sp³-hybridized carbons (Fsp3) is 0.500. The lowest BCUT2D eigenvalue weighted by Crippen LogP contribution is -2.23. The van der Waals surface area contributed by atoms with E-state index in [0.717, 1.165) is 5.70 Å². The van der Waals surface area contributed by atoms with E-state index in [1.165, 1.54) is 0 Å². The van der Waals surface area contributed by atoms with Crippen molar-refractivity contribution in [2.75, 3.05) is 13.2 Å². The van der Waals surface area contributed by atoms with Gasteiger partial charge in [-0.25, -0.2) is 0 Å². The molecule has 12 heavy (non-hydrogen) atoms. The highest BCUT2D eigenvalue weighted by molar-refractivity contribution is 6.80. The fourth-order valence-electron chi connectivity index (χ4n) is 1.26. The van der Waals surface area contributed by atoms with Crippen LogP contribution in [0.3, 0.4) is 0 Å². The third kappa shape index (κ3) is 1.19. The number of rotatable bonds is 1. The van der Waals surface area contributed by atoms with Crippen molar-refractivity contribution >= 4 is 12.7 Å². The molecule has 0 unspecified atom stereocenters. The summed E-state index contributed by atoms with van der Waals surface area (Å²) in [5, 5.41) is 23.4.